The van der Waals surface area contributed by atoms with E-state index in [1.807, 2.05) is 38.7 Å². The van der Waals surface area contributed by atoms with Crippen LogP contribution in [0.1, 0.15) is 27.7 Å². The highest BCUT2D eigenvalue weighted by Gasteiger charge is 2.32. The lowest BCUT2D eigenvalue weighted by atomic mass is 10.1. The fourth-order valence-corrected chi connectivity index (χ4v) is 4.13. The zero-order valence-corrected chi connectivity index (χ0v) is 20.4. The Morgan fingerprint density at radius 3 is 2.68 bits per heavy atom. The Morgan fingerprint density at radius 2 is 2.07 bits per heavy atom. The Balaban J connectivity index is 1.93. The molecule has 28 heavy (non-hydrogen) atoms. The van der Waals surface area contributed by atoms with Crippen LogP contribution in [0.4, 0.5) is 15.0 Å². The van der Waals surface area contributed by atoms with Gasteiger partial charge in [-0.25, -0.2) is 14.2 Å². The molecule has 1 aromatic heterocycles. The van der Waals surface area contributed by atoms with Gasteiger partial charge in [0.25, 0.3) is 0 Å². The maximum absolute atomic E-state index is 14.7. The van der Waals surface area contributed by atoms with Gasteiger partial charge < -0.3 is 14.5 Å². The molecule has 0 radical (unpaired) electrons. The van der Waals surface area contributed by atoms with Crippen LogP contribution in [-0.4, -0.2) is 52.2 Å². The highest BCUT2D eigenvalue weighted by atomic mass is 127. The number of rotatable bonds is 1. The third-order valence-corrected chi connectivity index (χ3v) is 6.87. The van der Waals surface area contributed by atoms with Crippen LogP contribution in [0.15, 0.2) is 10.5 Å². The minimum Gasteiger partial charge on any atom is -0.444 e. The van der Waals surface area contributed by atoms with Crippen LogP contribution in [-0.2, 0) is 4.74 Å². The second-order valence-corrected chi connectivity index (χ2v) is 9.96. The molecule has 1 aromatic carbocycles. The summed E-state index contributed by atoms with van der Waals surface area (Å²) in [7, 11) is 0. The summed E-state index contributed by atoms with van der Waals surface area (Å²) in [4.78, 5) is 24.5. The monoisotopic (exact) mass is 584 g/mol. The molecule has 6 nitrogen and oxygen atoms in total. The van der Waals surface area contributed by atoms with Crippen LogP contribution < -0.4 is 4.90 Å². The summed E-state index contributed by atoms with van der Waals surface area (Å²) in [5, 5.41) is 0.573. The summed E-state index contributed by atoms with van der Waals surface area (Å²) in [6.07, 6.45) is -0.339. The van der Waals surface area contributed by atoms with Crippen molar-refractivity contribution in [2.75, 3.05) is 24.5 Å². The van der Waals surface area contributed by atoms with Gasteiger partial charge in [-0.1, -0.05) is 0 Å². The molecule has 1 saturated heterocycles. The summed E-state index contributed by atoms with van der Waals surface area (Å²) in [5.74, 6) is 0.100. The van der Waals surface area contributed by atoms with E-state index < -0.39 is 11.4 Å². The van der Waals surface area contributed by atoms with Crippen molar-refractivity contribution in [2.45, 2.75) is 39.3 Å². The Bertz CT molecular complexity index is 940. The van der Waals surface area contributed by atoms with Crippen molar-refractivity contribution in [1.82, 2.24) is 14.9 Å². The van der Waals surface area contributed by atoms with Crippen molar-refractivity contribution in [1.29, 1.82) is 0 Å². The van der Waals surface area contributed by atoms with Crippen LogP contribution in [0.2, 0.25) is 5.28 Å². The molecule has 0 N–H and O–H groups in total. The Hall–Kier alpha value is -0.940. The van der Waals surface area contributed by atoms with Crippen LogP contribution >= 0.6 is 50.1 Å². The first-order valence-corrected chi connectivity index (χ1v) is 11.0. The van der Waals surface area contributed by atoms with E-state index in [0.717, 1.165) is 3.57 Å². The summed E-state index contributed by atoms with van der Waals surface area (Å²) in [6, 6.07) is 1.78. The number of piperazine rings is 1. The molecule has 1 fully saturated rings. The number of ether oxygens (including phenoxy) is 1. The van der Waals surface area contributed by atoms with E-state index >= 15 is 0 Å². The van der Waals surface area contributed by atoms with E-state index in [9.17, 15) is 9.18 Å². The number of carbonyl (C=O) groups excluding carboxylic acids is 1. The summed E-state index contributed by atoms with van der Waals surface area (Å²) >= 11 is 11.4. The van der Waals surface area contributed by atoms with Gasteiger partial charge in [-0.15, -0.1) is 0 Å². The number of amides is 1. The molecule has 10 heteroatoms. The second kappa shape index (κ2) is 8.06. The maximum atomic E-state index is 14.7. The standard InChI is InChI=1S/C18H20BrClFIN4O2/c1-9-8-25(17(27)28-18(2,3)4)5-6-26(9)15-10-7-11(22)12(19)13(21)14(10)23-16(20)24-15/h7,9H,5-6,8H2,1-4H3. The Morgan fingerprint density at radius 1 is 1.39 bits per heavy atom. The van der Waals surface area contributed by atoms with E-state index in [4.69, 9.17) is 16.3 Å². The van der Waals surface area contributed by atoms with E-state index in [1.165, 1.54) is 0 Å². The molecule has 0 aliphatic carbocycles. The van der Waals surface area contributed by atoms with Gasteiger partial charge in [0, 0.05) is 34.6 Å². The van der Waals surface area contributed by atoms with Gasteiger partial charge in [0.05, 0.1) is 4.47 Å². The molecule has 0 saturated carbocycles. The third-order valence-electron chi connectivity index (χ3n) is 4.33. The quantitative estimate of drug-likeness (QED) is 0.261. The van der Waals surface area contributed by atoms with Crippen molar-refractivity contribution in [3.05, 3.63) is 25.2 Å². The Labute approximate surface area is 190 Å². The minimum absolute atomic E-state index is 0.0173. The first-order chi connectivity index (χ1) is 13.0. The van der Waals surface area contributed by atoms with Crippen LogP contribution in [0.3, 0.4) is 0 Å². The lowest BCUT2D eigenvalue weighted by Crippen LogP contribution is -2.54. The molecular weight excluding hydrogens is 565 g/mol. The fourth-order valence-electron chi connectivity index (χ4n) is 3.11. The molecule has 1 amide bonds. The van der Waals surface area contributed by atoms with Gasteiger partial charge in [0.2, 0.25) is 5.28 Å². The number of carbonyl (C=O) groups is 1. The lowest BCUT2D eigenvalue weighted by Gasteiger charge is -2.41. The van der Waals surface area contributed by atoms with Gasteiger partial charge in [0.15, 0.2) is 5.82 Å². The normalized spacial score (nSPS) is 17.9. The zero-order valence-electron chi connectivity index (χ0n) is 15.9. The zero-order chi connectivity index (χ0) is 20.8. The maximum Gasteiger partial charge on any atom is 0.410 e. The molecule has 1 aliphatic rings. The fraction of sp³-hybridized carbons (Fsp3) is 0.500. The van der Waals surface area contributed by atoms with E-state index in [2.05, 4.69) is 48.5 Å². The number of anilines is 1. The molecule has 1 aliphatic heterocycles. The van der Waals surface area contributed by atoms with Crippen molar-refractivity contribution < 1.29 is 13.9 Å². The summed E-state index contributed by atoms with van der Waals surface area (Å²) in [6.45, 7) is 8.97. The van der Waals surface area contributed by atoms with E-state index in [-0.39, 0.29) is 22.9 Å². The van der Waals surface area contributed by atoms with Crippen molar-refractivity contribution in [2.24, 2.45) is 0 Å². The summed E-state index contributed by atoms with van der Waals surface area (Å²) < 4.78 is 21.3. The first kappa shape index (κ1) is 21.8. The molecule has 2 heterocycles. The average Bonchev–Trinajstić information content (AvgIpc) is 2.58. The number of nitrogens with zero attached hydrogens (tertiary/aromatic N) is 4. The number of hydrogen-bond acceptors (Lipinski definition) is 5. The minimum atomic E-state index is -0.546. The van der Waals surface area contributed by atoms with E-state index in [1.54, 1.807) is 4.90 Å². The first-order valence-electron chi connectivity index (χ1n) is 8.73. The van der Waals surface area contributed by atoms with Gasteiger partial charge in [0.1, 0.15) is 16.9 Å². The van der Waals surface area contributed by atoms with Crippen LogP contribution in [0, 0.1) is 9.39 Å². The number of benzene rings is 1. The lowest BCUT2D eigenvalue weighted by molar-refractivity contribution is 0.0218. The Kier molecular flexibility index (Phi) is 6.26. The van der Waals surface area contributed by atoms with Crippen molar-refractivity contribution in [3.8, 4) is 0 Å². The average molecular weight is 586 g/mol. The van der Waals surface area contributed by atoms with Gasteiger partial charge >= 0.3 is 6.09 Å². The third kappa shape index (κ3) is 4.46. The van der Waals surface area contributed by atoms with E-state index in [0.29, 0.717) is 35.3 Å². The SMILES string of the molecule is CC1CN(C(=O)OC(C)(C)C)CCN1c1nc(Cl)nc2c(F)c(Br)c(I)cc12. The van der Waals surface area contributed by atoms with Crippen molar-refractivity contribution in [3.63, 3.8) is 0 Å². The molecule has 3 rings (SSSR count). The second-order valence-electron chi connectivity index (χ2n) is 7.67. The molecule has 0 spiro atoms. The van der Waals surface area contributed by atoms with Crippen LogP contribution in [0.5, 0.6) is 0 Å². The van der Waals surface area contributed by atoms with Gasteiger partial charge in [-0.3, -0.25) is 0 Å². The number of fused-ring (bicyclic) bond motifs is 1. The largest absolute Gasteiger partial charge is 0.444 e. The predicted molar refractivity (Wildman–Crippen MR) is 120 cm³/mol. The molecule has 1 unspecified atom stereocenters. The predicted octanol–water partition coefficient (Wildman–Crippen LogP) is 5.24. The number of hydrogen-bond donors (Lipinski definition) is 0. The molecule has 2 aromatic rings. The highest BCUT2D eigenvalue weighted by molar-refractivity contribution is 14.1. The molecule has 0 bridgehead atoms. The molecule has 152 valence electrons. The van der Waals surface area contributed by atoms with Crippen molar-refractivity contribution >= 4 is 72.9 Å². The highest BCUT2D eigenvalue weighted by Crippen LogP contribution is 2.35. The van der Waals surface area contributed by atoms with Gasteiger partial charge in [-0.2, -0.15) is 4.98 Å². The van der Waals surface area contributed by atoms with Gasteiger partial charge in [-0.05, 0) is 83.9 Å². The molecule has 1 atom stereocenters. The summed E-state index contributed by atoms with van der Waals surface area (Å²) in [5.41, 5.74) is -0.376. The smallest absolute Gasteiger partial charge is 0.410 e. The van der Waals surface area contributed by atoms with Crippen LogP contribution in [0.25, 0.3) is 10.9 Å². The number of aromatic nitrogens is 2. The number of halogens is 4. The molecular formula is C18H20BrClFIN4O2. The topological polar surface area (TPSA) is 58.6 Å².